The maximum atomic E-state index is 6.16. The summed E-state index contributed by atoms with van der Waals surface area (Å²) in [6, 6.07) is 81.9. The highest BCUT2D eigenvalue weighted by atomic mass is 16.3. The largest absolute Gasteiger partial charge is 0.456 e. The molecule has 0 radical (unpaired) electrons. The monoisotopic (exact) mass is 751 g/mol. The van der Waals surface area contributed by atoms with Gasteiger partial charge in [0, 0.05) is 27.5 Å². The van der Waals surface area contributed by atoms with Crippen molar-refractivity contribution in [3.05, 3.63) is 247 Å². The van der Waals surface area contributed by atoms with Gasteiger partial charge < -0.3 is 9.32 Å². The van der Waals surface area contributed by atoms with Crippen molar-refractivity contribution in [1.29, 1.82) is 0 Å². The van der Waals surface area contributed by atoms with Crippen molar-refractivity contribution >= 4 is 60.5 Å². The molecule has 12 rings (SSSR count). The van der Waals surface area contributed by atoms with Crippen molar-refractivity contribution in [2.75, 3.05) is 4.90 Å². The van der Waals surface area contributed by atoms with Crippen LogP contribution in [-0.4, -0.2) is 0 Å². The van der Waals surface area contributed by atoms with Gasteiger partial charge in [0.2, 0.25) is 0 Å². The normalized spacial score (nSPS) is 12.9. The van der Waals surface area contributed by atoms with Gasteiger partial charge in [-0.05, 0) is 109 Å². The summed E-state index contributed by atoms with van der Waals surface area (Å²) in [6.07, 6.45) is 0. The molecule has 10 aromatic carbocycles. The molecule has 0 bridgehead atoms. The Bertz CT molecular complexity index is 3330. The van der Waals surface area contributed by atoms with Gasteiger partial charge in [0.1, 0.15) is 11.2 Å². The lowest BCUT2D eigenvalue weighted by atomic mass is 9.68. The lowest BCUT2D eigenvalue weighted by molar-refractivity contribution is 0.669. The molecule has 0 atom stereocenters. The second-order valence-corrected chi connectivity index (χ2v) is 15.6. The standard InChI is InChI=1S/C57H37NO/c1-2-15-41(16-3-1)57(52-23-11-8-19-47(52)48-20-9-12-24-53(48)57)42-29-33-44(34-30-42)58(54-37-40-14-4-5-17-45(40)46-18-6-7-21-49(46)54)43-31-26-38(27-32-43)39-28-35-56-51(36-39)50-22-10-13-25-55(50)59-56/h1-37H. The first-order chi connectivity index (χ1) is 29.3. The van der Waals surface area contributed by atoms with Crippen LogP contribution in [0.2, 0.25) is 0 Å². The van der Waals surface area contributed by atoms with Gasteiger partial charge in [-0.3, -0.25) is 0 Å². The Balaban J connectivity index is 1.04. The molecule has 0 spiro atoms. The van der Waals surface area contributed by atoms with Crippen LogP contribution in [0.4, 0.5) is 17.1 Å². The molecule has 0 unspecified atom stereocenters. The Morgan fingerprint density at radius 3 is 1.59 bits per heavy atom. The summed E-state index contributed by atoms with van der Waals surface area (Å²) in [5.74, 6) is 0. The molecule has 0 fully saturated rings. The summed E-state index contributed by atoms with van der Waals surface area (Å²) >= 11 is 0. The van der Waals surface area contributed by atoms with E-state index in [2.05, 4.69) is 217 Å². The molecule has 2 heteroatoms. The third kappa shape index (κ3) is 5.06. The zero-order chi connectivity index (χ0) is 38.9. The van der Waals surface area contributed by atoms with E-state index in [9.17, 15) is 0 Å². The minimum Gasteiger partial charge on any atom is -0.456 e. The van der Waals surface area contributed by atoms with Gasteiger partial charge in [-0.1, -0.05) is 176 Å². The van der Waals surface area contributed by atoms with Crippen LogP contribution in [0.25, 0.3) is 65.7 Å². The van der Waals surface area contributed by atoms with E-state index in [1.807, 2.05) is 12.1 Å². The number of para-hydroxylation sites is 1. The smallest absolute Gasteiger partial charge is 0.135 e. The van der Waals surface area contributed by atoms with Gasteiger partial charge in [-0.15, -0.1) is 0 Å². The maximum absolute atomic E-state index is 6.16. The van der Waals surface area contributed by atoms with Crippen molar-refractivity contribution < 1.29 is 4.42 Å². The molecule has 0 saturated carbocycles. The Morgan fingerprint density at radius 2 is 0.864 bits per heavy atom. The molecule has 0 N–H and O–H groups in total. The number of nitrogens with zero attached hydrogens (tertiary/aromatic N) is 1. The van der Waals surface area contributed by atoms with E-state index in [-0.39, 0.29) is 0 Å². The molecule has 276 valence electrons. The fourth-order valence-corrected chi connectivity index (χ4v) is 9.93. The quantitative estimate of drug-likeness (QED) is 0.157. The van der Waals surface area contributed by atoms with Gasteiger partial charge in [-0.25, -0.2) is 0 Å². The van der Waals surface area contributed by atoms with Crippen LogP contribution in [-0.2, 0) is 5.41 Å². The number of hydrogen-bond donors (Lipinski definition) is 0. The molecule has 1 heterocycles. The number of furan rings is 1. The zero-order valence-corrected chi connectivity index (χ0v) is 32.2. The van der Waals surface area contributed by atoms with Gasteiger partial charge in [0.05, 0.1) is 11.1 Å². The third-order valence-corrected chi connectivity index (χ3v) is 12.5. The Labute approximate surface area is 342 Å². The van der Waals surface area contributed by atoms with Crippen LogP contribution in [0.1, 0.15) is 22.3 Å². The average Bonchev–Trinajstić information content (AvgIpc) is 3.84. The number of benzene rings is 10. The van der Waals surface area contributed by atoms with Gasteiger partial charge >= 0.3 is 0 Å². The summed E-state index contributed by atoms with van der Waals surface area (Å²) in [6.45, 7) is 0. The van der Waals surface area contributed by atoms with E-state index in [0.717, 1.165) is 50.1 Å². The topological polar surface area (TPSA) is 16.4 Å². The van der Waals surface area contributed by atoms with Crippen LogP contribution in [0, 0.1) is 0 Å². The highest BCUT2D eigenvalue weighted by molar-refractivity contribution is 6.14. The molecular formula is C57H37NO. The Morgan fingerprint density at radius 1 is 0.339 bits per heavy atom. The SMILES string of the molecule is c1ccc(C2(c3ccc(N(c4ccc(-c5ccc6oc7ccccc7c6c5)cc4)c4cc5ccccc5c5ccccc45)cc3)c3ccccc3-c3ccccc32)cc1. The van der Waals surface area contributed by atoms with Gasteiger partial charge in [-0.2, -0.15) is 0 Å². The van der Waals surface area contributed by atoms with E-state index in [1.165, 1.54) is 54.9 Å². The first-order valence-corrected chi connectivity index (χ1v) is 20.3. The summed E-state index contributed by atoms with van der Waals surface area (Å²) < 4.78 is 6.16. The van der Waals surface area contributed by atoms with Crippen LogP contribution in [0.3, 0.4) is 0 Å². The number of fused-ring (bicyclic) bond motifs is 9. The number of rotatable bonds is 6. The lowest BCUT2D eigenvalue weighted by Crippen LogP contribution is -2.28. The molecule has 11 aromatic rings. The van der Waals surface area contributed by atoms with Crippen LogP contribution < -0.4 is 4.90 Å². The molecule has 59 heavy (non-hydrogen) atoms. The Kier molecular flexibility index (Phi) is 7.48. The van der Waals surface area contributed by atoms with E-state index >= 15 is 0 Å². The predicted molar refractivity (Wildman–Crippen MR) is 246 cm³/mol. The average molecular weight is 752 g/mol. The molecule has 0 amide bonds. The highest BCUT2D eigenvalue weighted by Gasteiger charge is 2.45. The van der Waals surface area contributed by atoms with Crippen molar-refractivity contribution in [2.45, 2.75) is 5.41 Å². The summed E-state index contributed by atoms with van der Waals surface area (Å²) in [4.78, 5) is 2.43. The van der Waals surface area contributed by atoms with Crippen LogP contribution >= 0.6 is 0 Å². The molecule has 0 saturated heterocycles. The Hall–Kier alpha value is -7.68. The zero-order valence-electron chi connectivity index (χ0n) is 32.2. The van der Waals surface area contributed by atoms with Crippen molar-refractivity contribution in [3.8, 4) is 22.3 Å². The molecule has 1 aliphatic carbocycles. The molecule has 1 aromatic heterocycles. The van der Waals surface area contributed by atoms with E-state index in [4.69, 9.17) is 4.42 Å². The van der Waals surface area contributed by atoms with E-state index in [1.54, 1.807) is 0 Å². The van der Waals surface area contributed by atoms with E-state index in [0.29, 0.717) is 0 Å². The van der Waals surface area contributed by atoms with Crippen molar-refractivity contribution in [2.24, 2.45) is 0 Å². The molecule has 1 aliphatic rings. The van der Waals surface area contributed by atoms with Gasteiger partial charge in [0.25, 0.3) is 0 Å². The first kappa shape index (κ1) is 33.5. The number of anilines is 3. The van der Waals surface area contributed by atoms with E-state index < -0.39 is 5.41 Å². The molecule has 2 nitrogen and oxygen atoms in total. The lowest BCUT2D eigenvalue weighted by Gasteiger charge is -2.34. The fraction of sp³-hybridized carbons (Fsp3) is 0.0175. The minimum absolute atomic E-state index is 0.462. The predicted octanol–water partition coefficient (Wildman–Crippen LogP) is 15.4. The summed E-state index contributed by atoms with van der Waals surface area (Å²) in [5.41, 5.74) is 14.7. The van der Waals surface area contributed by atoms with Crippen molar-refractivity contribution in [3.63, 3.8) is 0 Å². The summed E-state index contributed by atoms with van der Waals surface area (Å²) in [7, 11) is 0. The van der Waals surface area contributed by atoms with Crippen molar-refractivity contribution in [1.82, 2.24) is 0 Å². The van der Waals surface area contributed by atoms with Crippen LogP contribution in [0.5, 0.6) is 0 Å². The van der Waals surface area contributed by atoms with Crippen LogP contribution in [0.15, 0.2) is 229 Å². The molecule has 0 aliphatic heterocycles. The third-order valence-electron chi connectivity index (χ3n) is 12.5. The molecular weight excluding hydrogens is 715 g/mol. The maximum Gasteiger partial charge on any atom is 0.135 e. The highest BCUT2D eigenvalue weighted by Crippen LogP contribution is 2.56. The second kappa shape index (κ2) is 13.2. The summed E-state index contributed by atoms with van der Waals surface area (Å²) in [5, 5.41) is 7.17. The van der Waals surface area contributed by atoms with Gasteiger partial charge in [0.15, 0.2) is 0 Å². The number of hydrogen-bond acceptors (Lipinski definition) is 2. The fourth-order valence-electron chi connectivity index (χ4n) is 9.93. The first-order valence-electron chi connectivity index (χ1n) is 20.3. The minimum atomic E-state index is -0.462. The second-order valence-electron chi connectivity index (χ2n) is 15.6.